The second kappa shape index (κ2) is 13.1. The fourth-order valence-corrected chi connectivity index (χ4v) is 3.64. The monoisotopic (exact) mass is 424 g/mol. The van der Waals surface area contributed by atoms with Gasteiger partial charge in [-0.1, -0.05) is 62.4 Å². The third kappa shape index (κ3) is 7.29. The lowest BCUT2D eigenvalue weighted by Gasteiger charge is -2.36. The molecule has 1 saturated heterocycles. The van der Waals surface area contributed by atoms with E-state index in [4.69, 9.17) is 4.74 Å². The van der Waals surface area contributed by atoms with Gasteiger partial charge in [-0.25, -0.2) is 0 Å². The standard InChI is InChI=1S/C23H32N2O.2ClH/c1-19(2)12-13-22(25-16-14-24-15-17-25)21-10-6-7-11-23(21)26-18-20-8-4-3-5-9-20;;/h3-11,19,22,24H,12-18H2,1-2H3;2*1H/t22-;;/m1../s1. The summed E-state index contributed by atoms with van der Waals surface area (Å²) in [5.41, 5.74) is 2.55. The van der Waals surface area contributed by atoms with Gasteiger partial charge in [-0.05, 0) is 30.4 Å². The minimum absolute atomic E-state index is 0. The predicted octanol–water partition coefficient (Wildman–Crippen LogP) is 5.49. The number of nitrogens with zero attached hydrogens (tertiary/aromatic N) is 1. The van der Waals surface area contributed by atoms with Crippen LogP contribution in [-0.2, 0) is 6.61 Å². The third-order valence-electron chi connectivity index (χ3n) is 5.12. The van der Waals surface area contributed by atoms with Crippen LogP contribution in [0, 0.1) is 5.92 Å². The summed E-state index contributed by atoms with van der Waals surface area (Å²) in [7, 11) is 0. The number of para-hydroxylation sites is 1. The molecule has 0 amide bonds. The molecule has 2 aromatic carbocycles. The highest BCUT2D eigenvalue weighted by molar-refractivity contribution is 5.85. The van der Waals surface area contributed by atoms with E-state index in [2.05, 4.69) is 72.6 Å². The average Bonchev–Trinajstić information content (AvgIpc) is 2.69. The SMILES string of the molecule is CC(C)CC[C@H](c1ccccc1OCc1ccccc1)N1CCNCC1.Cl.Cl. The van der Waals surface area contributed by atoms with Crippen LogP contribution in [0.25, 0.3) is 0 Å². The molecule has 28 heavy (non-hydrogen) atoms. The van der Waals surface area contributed by atoms with Gasteiger partial charge < -0.3 is 10.1 Å². The van der Waals surface area contributed by atoms with Gasteiger partial charge in [0, 0.05) is 37.8 Å². The molecule has 0 bridgehead atoms. The first-order chi connectivity index (χ1) is 12.7. The van der Waals surface area contributed by atoms with Crippen molar-refractivity contribution in [1.29, 1.82) is 0 Å². The third-order valence-corrected chi connectivity index (χ3v) is 5.12. The number of piperazine rings is 1. The Kier molecular flexibility index (Phi) is 11.6. The van der Waals surface area contributed by atoms with Crippen LogP contribution in [0.15, 0.2) is 54.6 Å². The number of nitrogens with one attached hydrogen (secondary N) is 1. The normalized spacial score (nSPS) is 15.4. The number of rotatable bonds is 8. The van der Waals surface area contributed by atoms with Crippen LogP contribution in [0.4, 0.5) is 0 Å². The molecule has 0 spiro atoms. The second-order valence-electron chi connectivity index (χ2n) is 7.59. The highest BCUT2D eigenvalue weighted by atomic mass is 35.5. The zero-order chi connectivity index (χ0) is 18.2. The van der Waals surface area contributed by atoms with E-state index < -0.39 is 0 Å². The summed E-state index contributed by atoms with van der Waals surface area (Å²) in [6.07, 6.45) is 2.42. The summed E-state index contributed by atoms with van der Waals surface area (Å²) >= 11 is 0. The Hall–Kier alpha value is -1.26. The van der Waals surface area contributed by atoms with Crippen LogP contribution < -0.4 is 10.1 Å². The molecular weight excluding hydrogens is 391 g/mol. The van der Waals surface area contributed by atoms with Crippen molar-refractivity contribution in [3.8, 4) is 5.75 Å². The van der Waals surface area contributed by atoms with Crippen LogP contribution in [0.1, 0.15) is 43.9 Å². The van der Waals surface area contributed by atoms with Crippen molar-refractivity contribution in [3.05, 3.63) is 65.7 Å². The summed E-state index contributed by atoms with van der Waals surface area (Å²) in [6, 6.07) is 19.5. The number of halogens is 2. The van der Waals surface area contributed by atoms with Gasteiger partial charge in [0.1, 0.15) is 12.4 Å². The first-order valence-electron chi connectivity index (χ1n) is 9.94. The molecule has 5 heteroatoms. The van der Waals surface area contributed by atoms with E-state index in [1.54, 1.807) is 0 Å². The molecule has 3 nitrogen and oxygen atoms in total. The quantitative estimate of drug-likeness (QED) is 0.605. The molecular formula is C23H34Cl2N2O. The van der Waals surface area contributed by atoms with Gasteiger partial charge >= 0.3 is 0 Å². The van der Waals surface area contributed by atoms with Crippen molar-refractivity contribution in [2.75, 3.05) is 26.2 Å². The van der Waals surface area contributed by atoms with E-state index in [0.29, 0.717) is 12.6 Å². The molecule has 2 aromatic rings. The van der Waals surface area contributed by atoms with Crippen molar-refractivity contribution < 1.29 is 4.74 Å². The largest absolute Gasteiger partial charge is 0.489 e. The van der Waals surface area contributed by atoms with Crippen molar-refractivity contribution in [2.24, 2.45) is 5.92 Å². The molecule has 0 aromatic heterocycles. The van der Waals surface area contributed by atoms with E-state index in [0.717, 1.165) is 37.8 Å². The topological polar surface area (TPSA) is 24.5 Å². The Bertz CT molecular complexity index is 661. The first-order valence-corrected chi connectivity index (χ1v) is 9.94. The molecule has 0 aliphatic carbocycles. The molecule has 1 aliphatic heterocycles. The smallest absolute Gasteiger partial charge is 0.124 e. The average molecular weight is 425 g/mol. The number of hydrogen-bond acceptors (Lipinski definition) is 3. The second-order valence-corrected chi connectivity index (χ2v) is 7.59. The molecule has 1 heterocycles. The Labute approximate surface area is 182 Å². The van der Waals surface area contributed by atoms with E-state index >= 15 is 0 Å². The van der Waals surface area contributed by atoms with Gasteiger partial charge in [-0.2, -0.15) is 0 Å². The maximum absolute atomic E-state index is 6.26. The van der Waals surface area contributed by atoms with E-state index in [-0.39, 0.29) is 24.8 Å². The van der Waals surface area contributed by atoms with Gasteiger partial charge in [0.05, 0.1) is 0 Å². The lowest BCUT2D eigenvalue weighted by atomic mass is 9.95. The van der Waals surface area contributed by atoms with E-state index in [1.165, 1.54) is 24.0 Å². The van der Waals surface area contributed by atoms with Crippen molar-refractivity contribution >= 4 is 24.8 Å². The fourth-order valence-electron chi connectivity index (χ4n) is 3.64. The number of ether oxygens (including phenoxy) is 1. The number of benzene rings is 2. The van der Waals surface area contributed by atoms with E-state index in [1.807, 2.05) is 6.07 Å². The molecule has 0 unspecified atom stereocenters. The maximum atomic E-state index is 6.26. The van der Waals surface area contributed by atoms with Gasteiger partial charge in [0.2, 0.25) is 0 Å². The van der Waals surface area contributed by atoms with Gasteiger partial charge in [-0.15, -0.1) is 24.8 Å². The lowest BCUT2D eigenvalue weighted by Crippen LogP contribution is -2.45. The summed E-state index contributed by atoms with van der Waals surface area (Å²) in [6.45, 7) is 9.61. The summed E-state index contributed by atoms with van der Waals surface area (Å²) in [5.74, 6) is 1.75. The maximum Gasteiger partial charge on any atom is 0.124 e. The Morgan fingerprint density at radius 3 is 2.21 bits per heavy atom. The van der Waals surface area contributed by atoms with Gasteiger partial charge in [0.15, 0.2) is 0 Å². The molecule has 156 valence electrons. The minimum atomic E-state index is 0. The zero-order valence-electron chi connectivity index (χ0n) is 17.0. The van der Waals surface area contributed by atoms with E-state index in [9.17, 15) is 0 Å². The van der Waals surface area contributed by atoms with Crippen LogP contribution in [0.2, 0.25) is 0 Å². The molecule has 1 N–H and O–H groups in total. The minimum Gasteiger partial charge on any atom is -0.489 e. The van der Waals surface area contributed by atoms with Crippen molar-refractivity contribution in [3.63, 3.8) is 0 Å². The van der Waals surface area contributed by atoms with Gasteiger partial charge in [0.25, 0.3) is 0 Å². The molecule has 3 rings (SSSR count). The molecule has 1 atom stereocenters. The van der Waals surface area contributed by atoms with Crippen LogP contribution >= 0.6 is 24.8 Å². The van der Waals surface area contributed by atoms with Crippen molar-refractivity contribution in [1.82, 2.24) is 10.2 Å². The molecule has 0 radical (unpaired) electrons. The highest BCUT2D eigenvalue weighted by Crippen LogP contribution is 2.34. The Balaban J connectivity index is 0.00000196. The van der Waals surface area contributed by atoms with Crippen LogP contribution in [-0.4, -0.2) is 31.1 Å². The zero-order valence-corrected chi connectivity index (χ0v) is 18.6. The van der Waals surface area contributed by atoms with Crippen molar-refractivity contribution in [2.45, 2.75) is 39.3 Å². The first kappa shape index (κ1) is 24.8. The molecule has 0 saturated carbocycles. The summed E-state index contributed by atoms with van der Waals surface area (Å²) < 4.78 is 6.26. The Morgan fingerprint density at radius 2 is 1.54 bits per heavy atom. The fraction of sp³-hybridized carbons (Fsp3) is 0.478. The predicted molar refractivity (Wildman–Crippen MR) is 123 cm³/mol. The number of hydrogen-bond donors (Lipinski definition) is 1. The molecule has 1 fully saturated rings. The summed E-state index contributed by atoms with van der Waals surface area (Å²) in [4.78, 5) is 2.63. The Morgan fingerprint density at radius 1 is 0.893 bits per heavy atom. The lowest BCUT2D eigenvalue weighted by molar-refractivity contribution is 0.155. The molecule has 1 aliphatic rings. The van der Waals surface area contributed by atoms with Crippen LogP contribution in [0.3, 0.4) is 0 Å². The highest BCUT2D eigenvalue weighted by Gasteiger charge is 2.24. The van der Waals surface area contributed by atoms with Gasteiger partial charge in [-0.3, -0.25) is 4.90 Å². The summed E-state index contributed by atoms with van der Waals surface area (Å²) in [5, 5.41) is 3.47. The van der Waals surface area contributed by atoms with Crippen LogP contribution in [0.5, 0.6) is 5.75 Å².